The number of nitrogens with zero attached hydrogens (tertiary/aromatic N) is 4. The lowest BCUT2D eigenvalue weighted by atomic mass is 10.2. The summed E-state index contributed by atoms with van der Waals surface area (Å²) in [6.07, 6.45) is 0. The minimum Gasteiger partial charge on any atom is -0.462 e. The molecular weight excluding hydrogens is 378 g/mol. The molecular formula is C19H29N5O3S. The molecule has 8 nitrogen and oxygen atoms in total. The number of esters is 1. The highest BCUT2D eigenvalue weighted by Crippen LogP contribution is 2.34. The summed E-state index contributed by atoms with van der Waals surface area (Å²) in [6.45, 7) is 9.66. The SMILES string of the molecule is CCOC(=O)c1sc2nc(CN3CCOCC3)nc(NCCN(C)C)c2c1C. The smallest absolute Gasteiger partial charge is 0.348 e. The molecule has 0 amide bonds. The van der Waals surface area contributed by atoms with Crippen molar-refractivity contribution in [1.82, 2.24) is 19.8 Å². The van der Waals surface area contributed by atoms with E-state index in [1.807, 2.05) is 27.9 Å². The molecule has 0 unspecified atom stereocenters. The molecule has 2 aromatic rings. The van der Waals surface area contributed by atoms with Crippen LogP contribution in [0.2, 0.25) is 0 Å². The predicted octanol–water partition coefficient (Wildman–Crippen LogP) is 1.98. The maximum absolute atomic E-state index is 12.3. The first kappa shape index (κ1) is 20.9. The first-order chi connectivity index (χ1) is 13.5. The molecule has 9 heteroatoms. The number of carbonyl (C=O) groups is 1. The van der Waals surface area contributed by atoms with Crippen LogP contribution >= 0.6 is 11.3 Å². The third kappa shape index (κ3) is 4.96. The number of rotatable bonds is 8. The van der Waals surface area contributed by atoms with Gasteiger partial charge in [0.05, 0.1) is 31.8 Å². The van der Waals surface area contributed by atoms with Crippen molar-refractivity contribution < 1.29 is 14.3 Å². The number of anilines is 1. The highest BCUT2D eigenvalue weighted by Gasteiger charge is 2.22. The topological polar surface area (TPSA) is 79.8 Å². The Balaban J connectivity index is 1.94. The number of aryl methyl sites for hydroxylation is 1. The third-order valence-electron chi connectivity index (χ3n) is 4.62. The normalized spacial score (nSPS) is 15.3. The van der Waals surface area contributed by atoms with Gasteiger partial charge in [0.2, 0.25) is 0 Å². The number of hydrogen-bond donors (Lipinski definition) is 1. The van der Waals surface area contributed by atoms with E-state index in [4.69, 9.17) is 19.4 Å². The van der Waals surface area contributed by atoms with Gasteiger partial charge in [0.1, 0.15) is 21.3 Å². The highest BCUT2D eigenvalue weighted by molar-refractivity contribution is 7.20. The van der Waals surface area contributed by atoms with Gasteiger partial charge >= 0.3 is 5.97 Å². The molecule has 28 heavy (non-hydrogen) atoms. The third-order valence-corrected chi connectivity index (χ3v) is 5.78. The van der Waals surface area contributed by atoms with Crippen molar-refractivity contribution in [3.8, 4) is 0 Å². The number of morpholine rings is 1. The molecule has 0 spiro atoms. The molecule has 0 bridgehead atoms. The number of aromatic nitrogens is 2. The minimum atomic E-state index is -0.294. The van der Waals surface area contributed by atoms with Crippen molar-refractivity contribution in [3.63, 3.8) is 0 Å². The van der Waals surface area contributed by atoms with Crippen LogP contribution in [0.15, 0.2) is 0 Å². The summed E-state index contributed by atoms with van der Waals surface area (Å²) in [5, 5.41) is 4.35. The summed E-state index contributed by atoms with van der Waals surface area (Å²) in [4.78, 5) is 27.7. The Morgan fingerprint density at radius 2 is 2.07 bits per heavy atom. The second-order valence-corrected chi connectivity index (χ2v) is 8.06. The average molecular weight is 408 g/mol. The van der Waals surface area contributed by atoms with Crippen molar-refractivity contribution in [2.75, 3.05) is 65.4 Å². The predicted molar refractivity (Wildman–Crippen MR) is 111 cm³/mol. The van der Waals surface area contributed by atoms with Gasteiger partial charge in [0, 0.05) is 26.2 Å². The standard InChI is InChI=1S/C19H29N5O3S/c1-5-27-19(25)16-13(2)15-17(20-6-7-23(3)4)21-14(22-18(15)28-16)12-24-8-10-26-11-9-24/h5-12H2,1-4H3,(H,20,21,22). The van der Waals surface area contributed by atoms with Crippen LogP contribution in [-0.4, -0.2) is 85.8 Å². The van der Waals surface area contributed by atoms with Gasteiger partial charge in [-0.1, -0.05) is 0 Å². The van der Waals surface area contributed by atoms with E-state index in [1.165, 1.54) is 11.3 Å². The monoisotopic (exact) mass is 407 g/mol. The number of likely N-dealkylation sites (N-methyl/N-ethyl adjacent to an activating group) is 1. The molecule has 0 radical (unpaired) electrons. The molecule has 0 saturated carbocycles. The zero-order chi connectivity index (χ0) is 20.1. The first-order valence-corrected chi connectivity index (χ1v) is 10.5. The summed E-state index contributed by atoms with van der Waals surface area (Å²) in [5.41, 5.74) is 0.878. The van der Waals surface area contributed by atoms with Crippen LogP contribution in [0, 0.1) is 6.92 Å². The Hall–Kier alpha value is -1.81. The summed E-state index contributed by atoms with van der Waals surface area (Å²) in [7, 11) is 4.08. The maximum Gasteiger partial charge on any atom is 0.348 e. The average Bonchev–Trinajstić information content (AvgIpc) is 2.99. The Morgan fingerprint density at radius 1 is 1.32 bits per heavy atom. The summed E-state index contributed by atoms with van der Waals surface area (Å²) >= 11 is 1.38. The van der Waals surface area contributed by atoms with Gasteiger partial charge in [-0.05, 0) is 33.5 Å². The molecule has 154 valence electrons. The van der Waals surface area contributed by atoms with Crippen molar-refractivity contribution in [2.45, 2.75) is 20.4 Å². The second-order valence-electron chi connectivity index (χ2n) is 7.06. The maximum atomic E-state index is 12.3. The van der Waals surface area contributed by atoms with E-state index in [0.29, 0.717) is 18.0 Å². The molecule has 1 aliphatic rings. The van der Waals surface area contributed by atoms with Gasteiger partial charge in [-0.3, -0.25) is 4.90 Å². The van der Waals surface area contributed by atoms with Crippen molar-refractivity contribution in [1.29, 1.82) is 0 Å². The van der Waals surface area contributed by atoms with Crippen LogP contribution in [-0.2, 0) is 16.0 Å². The minimum absolute atomic E-state index is 0.294. The first-order valence-electron chi connectivity index (χ1n) is 9.65. The number of nitrogens with one attached hydrogen (secondary N) is 1. The number of fused-ring (bicyclic) bond motifs is 1. The van der Waals surface area contributed by atoms with E-state index in [0.717, 1.165) is 66.8 Å². The lowest BCUT2D eigenvalue weighted by molar-refractivity contribution is 0.0331. The fourth-order valence-electron chi connectivity index (χ4n) is 3.13. The molecule has 1 saturated heterocycles. The molecule has 3 rings (SSSR count). The molecule has 0 aliphatic carbocycles. The summed E-state index contributed by atoms with van der Waals surface area (Å²) in [5.74, 6) is 1.26. The van der Waals surface area contributed by atoms with Crippen molar-refractivity contribution in [3.05, 3.63) is 16.3 Å². The summed E-state index contributed by atoms with van der Waals surface area (Å²) < 4.78 is 10.6. The van der Waals surface area contributed by atoms with Crippen LogP contribution < -0.4 is 5.32 Å². The largest absolute Gasteiger partial charge is 0.462 e. The fraction of sp³-hybridized carbons (Fsp3) is 0.632. The van der Waals surface area contributed by atoms with Crippen LogP contribution in [0.3, 0.4) is 0 Å². The number of thiophene rings is 1. The highest BCUT2D eigenvalue weighted by atomic mass is 32.1. The van der Waals surface area contributed by atoms with E-state index in [2.05, 4.69) is 15.1 Å². The molecule has 0 aromatic carbocycles. The lowest BCUT2D eigenvalue weighted by Crippen LogP contribution is -2.36. The number of carbonyl (C=O) groups excluding carboxylic acids is 1. The van der Waals surface area contributed by atoms with Crippen LogP contribution in [0.5, 0.6) is 0 Å². The van der Waals surface area contributed by atoms with Gasteiger partial charge < -0.3 is 19.7 Å². The molecule has 2 aromatic heterocycles. The van der Waals surface area contributed by atoms with Crippen LogP contribution in [0.25, 0.3) is 10.2 Å². The van der Waals surface area contributed by atoms with Crippen LogP contribution in [0.4, 0.5) is 5.82 Å². The Bertz CT molecular complexity index is 817. The van der Waals surface area contributed by atoms with Gasteiger partial charge in [-0.25, -0.2) is 14.8 Å². The van der Waals surface area contributed by atoms with Gasteiger partial charge in [0.25, 0.3) is 0 Å². The van der Waals surface area contributed by atoms with E-state index < -0.39 is 0 Å². The van der Waals surface area contributed by atoms with E-state index in [-0.39, 0.29) is 5.97 Å². The van der Waals surface area contributed by atoms with Gasteiger partial charge in [0.15, 0.2) is 0 Å². The van der Waals surface area contributed by atoms with Crippen molar-refractivity contribution >= 4 is 33.3 Å². The van der Waals surface area contributed by atoms with Gasteiger partial charge in [-0.15, -0.1) is 11.3 Å². The molecule has 1 N–H and O–H groups in total. The van der Waals surface area contributed by atoms with Crippen molar-refractivity contribution in [2.24, 2.45) is 0 Å². The molecule has 1 aliphatic heterocycles. The number of ether oxygens (including phenoxy) is 2. The van der Waals surface area contributed by atoms with E-state index in [9.17, 15) is 4.79 Å². The quantitative estimate of drug-likeness (QED) is 0.666. The van der Waals surface area contributed by atoms with Crippen LogP contribution in [0.1, 0.15) is 28.0 Å². The van der Waals surface area contributed by atoms with E-state index in [1.54, 1.807) is 0 Å². The lowest BCUT2D eigenvalue weighted by Gasteiger charge is -2.25. The zero-order valence-corrected chi connectivity index (χ0v) is 17.9. The van der Waals surface area contributed by atoms with E-state index >= 15 is 0 Å². The Labute approximate surface area is 169 Å². The Kier molecular flexibility index (Phi) is 7.17. The second kappa shape index (κ2) is 9.60. The fourth-order valence-corrected chi connectivity index (χ4v) is 4.22. The molecule has 1 fully saturated rings. The zero-order valence-electron chi connectivity index (χ0n) is 17.1. The number of hydrogen-bond acceptors (Lipinski definition) is 9. The molecule has 0 atom stereocenters. The Morgan fingerprint density at radius 3 is 2.75 bits per heavy atom. The summed E-state index contributed by atoms with van der Waals surface area (Å²) in [6, 6.07) is 0. The molecule has 3 heterocycles. The van der Waals surface area contributed by atoms with Gasteiger partial charge in [-0.2, -0.15) is 0 Å².